The topological polar surface area (TPSA) is 41.5 Å². The Labute approximate surface area is 116 Å². The van der Waals surface area contributed by atoms with Crippen LogP contribution in [0.5, 0.6) is 0 Å². The summed E-state index contributed by atoms with van der Waals surface area (Å²) in [4.78, 5) is 0. The second kappa shape index (κ2) is 7.04. The minimum Gasteiger partial charge on any atom is -0.396 e. The van der Waals surface area contributed by atoms with Crippen LogP contribution in [-0.4, -0.2) is 38.0 Å². The molecule has 0 saturated carbocycles. The van der Waals surface area contributed by atoms with Crippen molar-refractivity contribution < 1.29 is 9.84 Å². The van der Waals surface area contributed by atoms with Gasteiger partial charge < -0.3 is 15.2 Å². The molecule has 1 aliphatic rings. The molecule has 0 bridgehead atoms. The molecule has 1 aromatic carbocycles. The fraction of sp³-hybridized carbons (Fsp3) is 0.625. The second-order valence-corrected chi connectivity index (χ2v) is 5.71. The van der Waals surface area contributed by atoms with Gasteiger partial charge in [-0.1, -0.05) is 37.3 Å². The van der Waals surface area contributed by atoms with Crippen LogP contribution < -0.4 is 5.32 Å². The number of aliphatic hydroxyl groups is 1. The van der Waals surface area contributed by atoms with Gasteiger partial charge in [0.1, 0.15) is 0 Å². The van der Waals surface area contributed by atoms with Crippen molar-refractivity contribution in [1.82, 2.24) is 5.32 Å². The first-order chi connectivity index (χ1) is 9.26. The first-order valence-corrected chi connectivity index (χ1v) is 7.20. The molecule has 106 valence electrons. The molecule has 3 nitrogen and oxygen atoms in total. The molecule has 1 aliphatic heterocycles. The van der Waals surface area contributed by atoms with E-state index in [0.29, 0.717) is 5.92 Å². The van der Waals surface area contributed by atoms with E-state index < -0.39 is 0 Å². The summed E-state index contributed by atoms with van der Waals surface area (Å²) in [6.07, 6.45) is 1.91. The fourth-order valence-corrected chi connectivity index (χ4v) is 2.65. The van der Waals surface area contributed by atoms with E-state index in [0.717, 1.165) is 39.1 Å². The first kappa shape index (κ1) is 14.5. The molecule has 0 aromatic heterocycles. The summed E-state index contributed by atoms with van der Waals surface area (Å²) >= 11 is 0. The lowest BCUT2D eigenvalue weighted by Crippen LogP contribution is -2.42. The van der Waals surface area contributed by atoms with Crippen molar-refractivity contribution in [2.45, 2.75) is 25.7 Å². The Kier molecular flexibility index (Phi) is 5.37. The molecule has 2 rings (SSSR count). The Morgan fingerprint density at radius 1 is 1.26 bits per heavy atom. The molecule has 2 N–H and O–H groups in total. The Balaban J connectivity index is 1.79. The molecule has 0 radical (unpaired) electrons. The van der Waals surface area contributed by atoms with E-state index in [4.69, 9.17) is 4.74 Å². The smallest absolute Gasteiger partial charge is 0.0501 e. The van der Waals surface area contributed by atoms with Gasteiger partial charge in [0.05, 0.1) is 6.61 Å². The van der Waals surface area contributed by atoms with Crippen LogP contribution in [0.4, 0.5) is 0 Å². The highest BCUT2D eigenvalue weighted by Gasteiger charge is 2.31. The van der Waals surface area contributed by atoms with E-state index in [2.05, 4.69) is 36.5 Å². The molecule has 0 aliphatic carbocycles. The molecule has 1 saturated heterocycles. The molecule has 1 aromatic rings. The number of nitrogens with one attached hydrogen (secondary N) is 1. The van der Waals surface area contributed by atoms with Crippen LogP contribution in [0, 0.1) is 5.41 Å². The van der Waals surface area contributed by atoms with E-state index in [1.54, 1.807) is 0 Å². The number of hydrogen-bond acceptors (Lipinski definition) is 3. The quantitative estimate of drug-likeness (QED) is 0.826. The van der Waals surface area contributed by atoms with Crippen molar-refractivity contribution in [1.29, 1.82) is 0 Å². The molecule has 1 atom stereocenters. The molecule has 1 heterocycles. The van der Waals surface area contributed by atoms with Gasteiger partial charge >= 0.3 is 0 Å². The second-order valence-electron chi connectivity index (χ2n) is 5.71. The SMILES string of the molecule is C[C@@H](CNCC1(CO)CCOCC1)c1ccccc1. The standard InChI is InChI=1S/C16H25NO2/c1-14(15-5-3-2-4-6-15)11-17-12-16(13-18)7-9-19-10-8-16/h2-6,14,17-18H,7-13H2,1H3/t14-/m0/s1. The van der Waals surface area contributed by atoms with E-state index in [1.165, 1.54) is 5.56 Å². The first-order valence-electron chi connectivity index (χ1n) is 7.20. The van der Waals surface area contributed by atoms with Gasteiger partial charge in [0, 0.05) is 31.7 Å². The lowest BCUT2D eigenvalue weighted by molar-refractivity contribution is -0.0152. The maximum atomic E-state index is 9.63. The van der Waals surface area contributed by atoms with Crippen LogP contribution in [0.2, 0.25) is 0 Å². The van der Waals surface area contributed by atoms with Gasteiger partial charge in [-0.15, -0.1) is 0 Å². The van der Waals surface area contributed by atoms with Gasteiger partial charge in [-0.2, -0.15) is 0 Å². The summed E-state index contributed by atoms with van der Waals surface area (Å²) < 4.78 is 5.38. The molecular formula is C16H25NO2. The van der Waals surface area contributed by atoms with E-state index in [-0.39, 0.29) is 12.0 Å². The summed E-state index contributed by atoms with van der Waals surface area (Å²) in [5.74, 6) is 0.497. The Bertz CT molecular complexity index is 360. The Morgan fingerprint density at radius 2 is 1.95 bits per heavy atom. The van der Waals surface area contributed by atoms with Crippen molar-refractivity contribution in [2.75, 3.05) is 32.9 Å². The summed E-state index contributed by atoms with van der Waals surface area (Å²) in [6, 6.07) is 10.6. The Morgan fingerprint density at radius 3 is 2.58 bits per heavy atom. The summed E-state index contributed by atoms with van der Waals surface area (Å²) in [7, 11) is 0. The van der Waals surface area contributed by atoms with Crippen LogP contribution in [0.1, 0.15) is 31.2 Å². The van der Waals surface area contributed by atoms with Crippen molar-refractivity contribution in [2.24, 2.45) is 5.41 Å². The average molecular weight is 263 g/mol. The maximum Gasteiger partial charge on any atom is 0.0501 e. The Hall–Kier alpha value is -0.900. The molecule has 0 amide bonds. The van der Waals surface area contributed by atoms with Crippen molar-refractivity contribution in [3.63, 3.8) is 0 Å². The third kappa shape index (κ3) is 4.03. The number of aliphatic hydroxyl groups excluding tert-OH is 1. The van der Waals surface area contributed by atoms with Gasteiger partial charge in [0.2, 0.25) is 0 Å². The van der Waals surface area contributed by atoms with E-state index in [1.807, 2.05) is 6.07 Å². The van der Waals surface area contributed by atoms with Crippen LogP contribution >= 0.6 is 0 Å². The van der Waals surface area contributed by atoms with Crippen LogP contribution in [0.25, 0.3) is 0 Å². The lowest BCUT2D eigenvalue weighted by atomic mass is 9.81. The molecule has 0 spiro atoms. The van der Waals surface area contributed by atoms with Crippen LogP contribution in [0.15, 0.2) is 30.3 Å². The largest absolute Gasteiger partial charge is 0.396 e. The molecular weight excluding hydrogens is 238 g/mol. The van der Waals surface area contributed by atoms with Crippen molar-refractivity contribution >= 4 is 0 Å². The molecule has 0 unspecified atom stereocenters. The summed E-state index contributed by atoms with van der Waals surface area (Å²) in [5.41, 5.74) is 1.38. The highest BCUT2D eigenvalue weighted by molar-refractivity contribution is 5.18. The monoisotopic (exact) mass is 263 g/mol. The predicted octanol–water partition coefficient (Wildman–Crippen LogP) is 2.17. The maximum absolute atomic E-state index is 9.63. The van der Waals surface area contributed by atoms with E-state index in [9.17, 15) is 5.11 Å². The number of ether oxygens (including phenoxy) is 1. The number of rotatable bonds is 6. The van der Waals surface area contributed by atoms with Crippen LogP contribution in [-0.2, 0) is 4.74 Å². The lowest BCUT2D eigenvalue weighted by Gasteiger charge is -2.36. The normalized spacial score (nSPS) is 20.1. The zero-order valence-electron chi connectivity index (χ0n) is 11.8. The zero-order chi connectivity index (χ0) is 13.6. The highest BCUT2D eigenvalue weighted by atomic mass is 16.5. The minimum atomic E-state index is 0.0225. The average Bonchev–Trinajstić information content (AvgIpc) is 2.49. The third-order valence-electron chi connectivity index (χ3n) is 4.21. The summed E-state index contributed by atoms with van der Waals surface area (Å²) in [5, 5.41) is 13.2. The number of benzene rings is 1. The van der Waals surface area contributed by atoms with E-state index >= 15 is 0 Å². The molecule has 1 fully saturated rings. The van der Waals surface area contributed by atoms with Crippen molar-refractivity contribution in [3.05, 3.63) is 35.9 Å². The van der Waals surface area contributed by atoms with Gasteiger partial charge in [0.25, 0.3) is 0 Å². The van der Waals surface area contributed by atoms with Crippen LogP contribution in [0.3, 0.4) is 0 Å². The number of hydrogen-bond donors (Lipinski definition) is 2. The van der Waals surface area contributed by atoms with Crippen molar-refractivity contribution in [3.8, 4) is 0 Å². The van der Waals surface area contributed by atoms with Gasteiger partial charge in [0.15, 0.2) is 0 Å². The highest BCUT2D eigenvalue weighted by Crippen LogP contribution is 2.29. The molecule has 3 heteroatoms. The zero-order valence-corrected chi connectivity index (χ0v) is 11.8. The predicted molar refractivity (Wildman–Crippen MR) is 77.3 cm³/mol. The summed E-state index contributed by atoms with van der Waals surface area (Å²) in [6.45, 7) is 5.87. The third-order valence-corrected chi connectivity index (χ3v) is 4.21. The molecule has 19 heavy (non-hydrogen) atoms. The minimum absolute atomic E-state index is 0.0225. The van der Waals surface area contributed by atoms with Gasteiger partial charge in [-0.3, -0.25) is 0 Å². The van der Waals surface area contributed by atoms with Gasteiger partial charge in [-0.25, -0.2) is 0 Å². The van der Waals surface area contributed by atoms with Gasteiger partial charge in [-0.05, 0) is 24.3 Å². The fourth-order valence-electron chi connectivity index (χ4n) is 2.65.